The SMILES string of the molecule is CN=C(NCc1ccc2c(c1)OCCCO2)NCC(CO)c1ccccc1.I. The molecule has 0 aliphatic carbocycles. The van der Waals surface area contributed by atoms with E-state index in [9.17, 15) is 5.11 Å². The Bertz CT molecular complexity index is 756. The zero-order valence-corrected chi connectivity index (χ0v) is 18.4. The maximum atomic E-state index is 9.68. The molecule has 0 spiro atoms. The van der Waals surface area contributed by atoms with Gasteiger partial charge in [-0.05, 0) is 23.3 Å². The lowest BCUT2D eigenvalue weighted by atomic mass is 10.0. The number of fused-ring (bicyclic) bond motifs is 1. The highest BCUT2D eigenvalue weighted by Gasteiger charge is 2.12. The van der Waals surface area contributed by atoms with Gasteiger partial charge in [0, 0.05) is 32.5 Å². The Balaban J connectivity index is 0.00000280. The van der Waals surface area contributed by atoms with Crippen LogP contribution in [0.25, 0.3) is 0 Å². The van der Waals surface area contributed by atoms with Crippen LogP contribution in [0, 0.1) is 0 Å². The number of halogens is 1. The summed E-state index contributed by atoms with van der Waals surface area (Å²) < 4.78 is 11.4. The predicted octanol–water partition coefficient (Wildman–Crippen LogP) is 2.91. The molecule has 0 fully saturated rings. The van der Waals surface area contributed by atoms with Crippen LogP contribution in [-0.4, -0.2) is 44.5 Å². The topological polar surface area (TPSA) is 75.1 Å². The van der Waals surface area contributed by atoms with Crippen LogP contribution in [0.3, 0.4) is 0 Å². The minimum atomic E-state index is 0. The van der Waals surface area contributed by atoms with Crippen LogP contribution in [0.4, 0.5) is 0 Å². The Hall–Kier alpha value is -2.00. The first kappa shape index (κ1) is 22.3. The summed E-state index contributed by atoms with van der Waals surface area (Å²) in [7, 11) is 1.74. The number of nitrogens with one attached hydrogen (secondary N) is 2. The highest BCUT2D eigenvalue weighted by molar-refractivity contribution is 14.0. The largest absolute Gasteiger partial charge is 0.490 e. The van der Waals surface area contributed by atoms with Gasteiger partial charge in [0.1, 0.15) is 0 Å². The van der Waals surface area contributed by atoms with Gasteiger partial charge >= 0.3 is 0 Å². The molecule has 7 heteroatoms. The molecule has 0 aromatic heterocycles. The van der Waals surface area contributed by atoms with Gasteiger partial charge in [-0.25, -0.2) is 0 Å². The number of ether oxygens (including phenoxy) is 2. The number of nitrogens with zero attached hydrogens (tertiary/aromatic N) is 1. The summed E-state index contributed by atoms with van der Waals surface area (Å²) in [5.74, 6) is 2.30. The lowest BCUT2D eigenvalue weighted by Gasteiger charge is -2.18. The minimum absolute atomic E-state index is 0. The molecule has 6 nitrogen and oxygen atoms in total. The van der Waals surface area contributed by atoms with E-state index in [1.807, 2.05) is 48.5 Å². The molecule has 1 aliphatic heterocycles. The fraction of sp³-hybridized carbons (Fsp3) is 0.381. The molecule has 2 aromatic rings. The molecule has 0 saturated carbocycles. The van der Waals surface area contributed by atoms with E-state index in [1.165, 1.54) is 0 Å². The fourth-order valence-corrected chi connectivity index (χ4v) is 2.96. The van der Waals surface area contributed by atoms with E-state index in [4.69, 9.17) is 9.47 Å². The average molecular weight is 497 g/mol. The summed E-state index contributed by atoms with van der Waals surface area (Å²) in [4.78, 5) is 4.26. The van der Waals surface area contributed by atoms with Gasteiger partial charge in [0.05, 0.1) is 19.8 Å². The lowest BCUT2D eigenvalue weighted by Crippen LogP contribution is -2.39. The molecule has 152 valence electrons. The van der Waals surface area contributed by atoms with E-state index in [-0.39, 0.29) is 36.5 Å². The first-order valence-electron chi connectivity index (χ1n) is 9.29. The second-order valence-electron chi connectivity index (χ2n) is 6.43. The first-order valence-corrected chi connectivity index (χ1v) is 9.29. The zero-order valence-electron chi connectivity index (χ0n) is 16.1. The number of hydrogen-bond donors (Lipinski definition) is 3. The van der Waals surface area contributed by atoms with E-state index >= 15 is 0 Å². The van der Waals surface area contributed by atoms with Crippen LogP contribution in [0.2, 0.25) is 0 Å². The van der Waals surface area contributed by atoms with E-state index in [1.54, 1.807) is 7.05 Å². The Kier molecular flexibility index (Phi) is 9.36. The maximum absolute atomic E-state index is 9.68. The number of rotatable bonds is 6. The Morgan fingerprint density at radius 3 is 2.54 bits per heavy atom. The molecule has 28 heavy (non-hydrogen) atoms. The Morgan fingerprint density at radius 2 is 1.82 bits per heavy atom. The molecule has 3 rings (SSSR count). The summed E-state index contributed by atoms with van der Waals surface area (Å²) in [5.41, 5.74) is 2.19. The molecule has 2 aromatic carbocycles. The van der Waals surface area contributed by atoms with Crippen molar-refractivity contribution in [2.75, 3.05) is 33.4 Å². The second-order valence-corrected chi connectivity index (χ2v) is 6.43. The molecule has 1 aliphatic rings. The fourth-order valence-electron chi connectivity index (χ4n) is 2.96. The molecular weight excluding hydrogens is 469 g/mol. The third kappa shape index (κ3) is 6.27. The van der Waals surface area contributed by atoms with Crippen molar-refractivity contribution in [1.29, 1.82) is 0 Å². The first-order chi connectivity index (χ1) is 13.3. The molecular formula is C21H28IN3O3. The molecule has 1 atom stereocenters. The molecule has 0 amide bonds. The van der Waals surface area contributed by atoms with Crippen molar-refractivity contribution < 1.29 is 14.6 Å². The summed E-state index contributed by atoms with van der Waals surface area (Å²) in [6.07, 6.45) is 0.895. The van der Waals surface area contributed by atoms with E-state index in [0.717, 1.165) is 29.0 Å². The molecule has 3 N–H and O–H groups in total. The van der Waals surface area contributed by atoms with Crippen LogP contribution in [0.1, 0.15) is 23.5 Å². The molecule has 1 unspecified atom stereocenters. The van der Waals surface area contributed by atoms with Gasteiger partial charge in [0.15, 0.2) is 17.5 Å². The van der Waals surface area contributed by atoms with E-state index in [2.05, 4.69) is 15.6 Å². The highest BCUT2D eigenvalue weighted by atomic mass is 127. The minimum Gasteiger partial charge on any atom is -0.490 e. The van der Waals surface area contributed by atoms with Crippen molar-refractivity contribution in [3.63, 3.8) is 0 Å². The van der Waals surface area contributed by atoms with Crippen molar-refractivity contribution >= 4 is 29.9 Å². The molecule has 1 heterocycles. The van der Waals surface area contributed by atoms with Crippen molar-refractivity contribution in [2.24, 2.45) is 4.99 Å². The molecule has 0 bridgehead atoms. The maximum Gasteiger partial charge on any atom is 0.191 e. The van der Waals surface area contributed by atoms with Crippen LogP contribution in [0.5, 0.6) is 11.5 Å². The molecule has 0 radical (unpaired) electrons. The Morgan fingerprint density at radius 1 is 1.07 bits per heavy atom. The van der Waals surface area contributed by atoms with Crippen molar-refractivity contribution in [3.8, 4) is 11.5 Å². The third-order valence-electron chi connectivity index (χ3n) is 4.50. The van der Waals surface area contributed by atoms with Gasteiger partial charge < -0.3 is 25.2 Å². The van der Waals surface area contributed by atoms with Gasteiger partial charge in [0.2, 0.25) is 0 Å². The Labute approximate surface area is 183 Å². The van der Waals surface area contributed by atoms with Crippen LogP contribution >= 0.6 is 24.0 Å². The number of aliphatic hydroxyl groups excluding tert-OH is 1. The van der Waals surface area contributed by atoms with Gasteiger partial charge in [-0.2, -0.15) is 0 Å². The van der Waals surface area contributed by atoms with Gasteiger partial charge in [0.25, 0.3) is 0 Å². The van der Waals surface area contributed by atoms with E-state index in [0.29, 0.717) is 32.3 Å². The normalized spacial score (nSPS) is 14.4. The number of aliphatic imine (C=N–C) groups is 1. The number of benzene rings is 2. The van der Waals surface area contributed by atoms with Crippen LogP contribution in [0.15, 0.2) is 53.5 Å². The summed E-state index contributed by atoms with van der Waals surface area (Å²) in [6.45, 7) is 2.66. The van der Waals surface area contributed by atoms with Gasteiger partial charge in [-0.15, -0.1) is 24.0 Å². The number of guanidine groups is 1. The quantitative estimate of drug-likeness (QED) is 0.325. The average Bonchev–Trinajstić information content (AvgIpc) is 2.96. The van der Waals surface area contributed by atoms with Crippen molar-refractivity contribution in [1.82, 2.24) is 10.6 Å². The standard InChI is InChI=1S/C21H27N3O3.HI/c1-22-21(24-14-18(15-25)17-6-3-2-4-7-17)23-13-16-8-9-19-20(12-16)27-11-5-10-26-19;/h2-4,6-9,12,18,25H,5,10-11,13-15H2,1H3,(H2,22,23,24);1H. The smallest absolute Gasteiger partial charge is 0.191 e. The predicted molar refractivity (Wildman–Crippen MR) is 122 cm³/mol. The van der Waals surface area contributed by atoms with Crippen molar-refractivity contribution in [3.05, 3.63) is 59.7 Å². The summed E-state index contributed by atoms with van der Waals surface area (Å²) >= 11 is 0. The second kappa shape index (κ2) is 11.8. The number of aliphatic hydroxyl groups is 1. The summed E-state index contributed by atoms with van der Waals surface area (Å²) in [6, 6.07) is 16.0. The van der Waals surface area contributed by atoms with Gasteiger partial charge in [-0.1, -0.05) is 36.4 Å². The van der Waals surface area contributed by atoms with Gasteiger partial charge in [-0.3, -0.25) is 4.99 Å². The van der Waals surface area contributed by atoms with E-state index < -0.39 is 0 Å². The summed E-state index contributed by atoms with van der Waals surface area (Å²) in [5, 5.41) is 16.3. The highest BCUT2D eigenvalue weighted by Crippen LogP contribution is 2.30. The van der Waals surface area contributed by atoms with Crippen LogP contribution < -0.4 is 20.1 Å². The monoisotopic (exact) mass is 497 g/mol. The van der Waals surface area contributed by atoms with Crippen LogP contribution in [-0.2, 0) is 6.54 Å². The lowest BCUT2D eigenvalue weighted by molar-refractivity contribution is 0.265. The zero-order chi connectivity index (χ0) is 18.9. The third-order valence-corrected chi connectivity index (χ3v) is 4.50. The number of hydrogen-bond acceptors (Lipinski definition) is 4. The molecule has 0 saturated heterocycles. The van der Waals surface area contributed by atoms with Crippen molar-refractivity contribution in [2.45, 2.75) is 18.9 Å².